The highest BCUT2D eigenvalue weighted by atomic mass is 16.3. The molecule has 2 atom stereocenters. The molecule has 0 aliphatic heterocycles. The molecule has 1 aliphatic rings. The van der Waals surface area contributed by atoms with Gasteiger partial charge in [0.15, 0.2) is 0 Å². The predicted molar refractivity (Wildman–Crippen MR) is 59.2 cm³/mol. The highest BCUT2D eigenvalue weighted by Crippen LogP contribution is 2.27. The van der Waals surface area contributed by atoms with Crippen LogP contribution in [0.4, 0.5) is 0 Å². The summed E-state index contributed by atoms with van der Waals surface area (Å²) in [5.41, 5.74) is 5.35. The van der Waals surface area contributed by atoms with E-state index < -0.39 is 5.54 Å². The van der Waals surface area contributed by atoms with Crippen molar-refractivity contribution in [3.8, 4) is 0 Å². The van der Waals surface area contributed by atoms with Crippen molar-refractivity contribution in [1.82, 2.24) is 5.32 Å². The molecule has 0 aromatic heterocycles. The SMILES string of the molecule is CC(CO)C(C)NC(=O)C1(N)CCCC1. The van der Waals surface area contributed by atoms with Crippen molar-refractivity contribution in [3.63, 3.8) is 0 Å². The zero-order valence-corrected chi connectivity index (χ0v) is 9.62. The highest BCUT2D eigenvalue weighted by molar-refractivity contribution is 5.86. The summed E-state index contributed by atoms with van der Waals surface area (Å²) in [6.07, 6.45) is 3.62. The summed E-state index contributed by atoms with van der Waals surface area (Å²) in [4.78, 5) is 11.9. The normalized spacial score (nSPS) is 23.5. The Morgan fingerprint density at radius 3 is 2.47 bits per heavy atom. The van der Waals surface area contributed by atoms with Gasteiger partial charge in [-0.3, -0.25) is 4.79 Å². The van der Waals surface area contributed by atoms with Crippen LogP contribution < -0.4 is 11.1 Å². The molecule has 88 valence electrons. The molecule has 4 N–H and O–H groups in total. The number of hydrogen-bond donors (Lipinski definition) is 3. The maximum Gasteiger partial charge on any atom is 0.240 e. The number of nitrogens with one attached hydrogen (secondary N) is 1. The van der Waals surface area contributed by atoms with Crippen LogP contribution in [0.5, 0.6) is 0 Å². The smallest absolute Gasteiger partial charge is 0.240 e. The summed E-state index contributed by atoms with van der Waals surface area (Å²) in [6, 6.07) is -0.0245. The molecule has 4 nitrogen and oxygen atoms in total. The Labute approximate surface area is 91.2 Å². The molecule has 15 heavy (non-hydrogen) atoms. The molecule has 2 unspecified atom stereocenters. The van der Waals surface area contributed by atoms with Gasteiger partial charge < -0.3 is 16.2 Å². The topological polar surface area (TPSA) is 75.3 Å². The lowest BCUT2D eigenvalue weighted by molar-refractivity contribution is -0.127. The van der Waals surface area contributed by atoms with Crippen LogP contribution in [0.3, 0.4) is 0 Å². The molecule has 0 aromatic rings. The Bertz CT molecular complexity index is 225. The van der Waals surface area contributed by atoms with E-state index in [1.54, 1.807) is 0 Å². The van der Waals surface area contributed by atoms with E-state index in [9.17, 15) is 4.79 Å². The fourth-order valence-corrected chi connectivity index (χ4v) is 1.88. The van der Waals surface area contributed by atoms with Gasteiger partial charge in [0, 0.05) is 12.6 Å². The lowest BCUT2D eigenvalue weighted by Gasteiger charge is -2.27. The Hall–Kier alpha value is -0.610. The molecule has 0 saturated heterocycles. The zero-order valence-electron chi connectivity index (χ0n) is 9.62. The number of aliphatic hydroxyl groups excluding tert-OH is 1. The van der Waals surface area contributed by atoms with Gasteiger partial charge in [0.1, 0.15) is 0 Å². The van der Waals surface area contributed by atoms with Gasteiger partial charge in [-0.1, -0.05) is 19.8 Å². The molecule has 0 spiro atoms. The van der Waals surface area contributed by atoms with E-state index in [4.69, 9.17) is 10.8 Å². The Morgan fingerprint density at radius 2 is 2.00 bits per heavy atom. The summed E-state index contributed by atoms with van der Waals surface area (Å²) in [7, 11) is 0. The number of amides is 1. The van der Waals surface area contributed by atoms with Gasteiger partial charge in [-0.15, -0.1) is 0 Å². The van der Waals surface area contributed by atoms with Crippen molar-refractivity contribution in [2.75, 3.05) is 6.61 Å². The number of carbonyl (C=O) groups is 1. The number of aliphatic hydroxyl groups is 1. The fourth-order valence-electron chi connectivity index (χ4n) is 1.88. The first-order valence-corrected chi connectivity index (χ1v) is 5.70. The van der Waals surface area contributed by atoms with Crippen LogP contribution in [0, 0.1) is 5.92 Å². The third-order valence-corrected chi connectivity index (χ3v) is 3.45. The molecule has 0 radical (unpaired) electrons. The van der Waals surface area contributed by atoms with Crippen LogP contribution in [0.25, 0.3) is 0 Å². The van der Waals surface area contributed by atoms with Crippen LogP contribution in [-0.4, -0.2) is 29.2 Å². The molecule has 1 saturated carbocycles. The Kier molecular flexibility index (Phi) is 4.11. The van der Waals surface area contributed by atoms with Gasteiger partial charge in [0.05, 0.1) is 5.54 Å². The van der Waals surface area contributed by atoms with Gasteiger partial charge in [-0.25, -0.2) is 0 Å². The number of carbonyl (C=O) groups excluding carboxylic acids is 1. The largest absolute Gasteiger partial charge is 0.396 e. The van der Waals surface area contributed by atoms with E-state index in [0.29, 0.717) is 0 Å². The molecule has 0 aromatic carbocycles. The van der Waals surface area contributed by atoms with Crippen LogP contribution in [0.2, 0.25) is 0 Å². The molecule has 1 aliphatic carbocycles. The molecule has 4 heteroatoms. The van der Waals surface area contributed by atoms with Crippen molar-refractivity contribution in [1.29, 1.82) is 0 Å². The molecular weight excluding hydrogens is 192 g/mol. The lowest BCUT2D eigenvalue weighted by atomic mass is 9.96. The first-order chi connectivity index (χ1) is 6.99. The van der Waals surface area contributed by atoms with Crippen molar-refractivity contribution < 1.29 is 9.90 Å². The molecular formula is C11H22N2O2. The summed E-state index contributed by atoms with van der Waals surface area (Å²) < 4.78 is 0. The van der Waals surface area contributed by atoms with Crippen LogP contribution in [0.1, 0.15) is 39.5 Å². The Morgan fingerprint density at radius 1 is 1.47 bits per heavy atom. The minimum Gasteiger partial charge on any atom is -0.396 e. The van der Waals surface area contributed by atoms with Gasteiger partial charge in [0.25, 0.3) is 0 Å². The summed E-state index contributed by atoms with van der Waals surface area (Å²) in [5.74, 6) is 0.00625. The zero-order chi connectivity index (χ0) is 11.5. The maximum atomic E-state index is 11.9. The molecule has 0 heterocycles. The van der Waals surface area contributed by atoms with Crippen molar-refractivity contribution in [2.45, 2.75) is 51.1 Å². The number of rotatable bonds is 4. The van der Waals surface area contributed by atoms with Crippen molar-refractivity contribution in [3.05, 3.63) is 0 Å². The van der Waals surface area contributed by atoms with E-state index >= 15 is 0 Å². The average Bonchev–Trinajstić information content (AvgIpc) is 2.65. The van der Waals surface area contributed by atoms with E-state index in [0.717, 1.165) is 25.7 Å². The molecule has 0 bridgehead atoms. The lowest BCUT2D eigenvalue weighted by Crippen LogP contribution is -2.55. The standard InChI is InChI=1S/C11H22N2O2/c1-8(7-14)9(2)13-10(15)11(12)5-3-4-6-11/h8-9,14H,3-7,12H2,1-2H3,(H,13,15). The highest BCUT2D eigenvalue weighted by Gasteiger charge is 2.37. The van der Waals surface area contributed by atoms with Crippen LogP contribution >= 0.6 is 0 Å². The van der Waals surface area contributed by atoms with Crippen molar-refractivity contribution in [2.24, 2.45) is 11.7 Å². The van der Waals surface area contributed by atoms with Crippen molar-refractivity contribution >= 4 is 5.91 Å². The van der Waals surface area contributed by atoms with E-state index in [1.165, 1.54) is 0 Å². The average molecular weight is 214 g/mol. The maximum absolute atomic E-state index is 11.9. The molecule has 1 rings (SSSR count). The molecule has 1 amide bonds. The fraction of sp³-hybridized carbons (Fsp3) is 0.909. The number of nitrogens with two attached hydrogens (primary N) is 1. The van der Waals surface area contributed by atoms with Crippen LogP contribution in [-0.2, 0) is 4.79 Å². The van der Waals surface area contributed by atoms with E-state index in [2.05, 4.69) is 5.32 Å². The second-order valence-corrected chi connectivity index (χ2v) is 4.79. The summed E-state index contributed by atoms with van der Waals surface area (Å²) in [6.45, 7) is 3.89. The van der Waals surface area contributed by atoms with Gasteiger partial charge in [-0.2, -0.15) is 0 Å². The first-order valence-electron chi connectivity index (χ1n) is 5.70. The number of hydrogen-bond acceptors (Lipinski definition) is 3. The van der Waals surface area contributed by atoms with E-state index in [1.807, 2.05) is 13.8 Å². The Balaban J connectivity index is 2.47. The van der Waals surface area contributed by atoms with Gasteiger partial charge in [-0.05, 0) is 25.7 Å². The van der Waals surface area contributed by atoms with E-state index in [-0.39, 0.29) is 24.5 Å². The third-order valence-electron chi connectivity index (χ3n) is 3.45. The minimum absolute atomic E-state index is 0.0245. The second kappa shape index (κ2) is 4.94. The second-order valence-electron chi connectivity index (χ2n) is 4.79. The van der Waals surface area contributed by atoms with Gasteiger partial charge >= 0.3 is 0 Å². The quantitative estimate of drug-likeness (QED) is 0.633. The third kappa shape index (κ3) is 2.92. The minimum atomic E-state index is -0.663. The first kappa shape index (κ1) is 12.5. The summed E-state index contributed by atoms with van der Waals surface area (Å²) in [5, 5.41) is 11.9. The predicted octanol–water partition coefficient (Wildman–Crippen LogP) is 0.391. The summed E-state index contributed by atoms with van der Waals surface area (Å²) >= 11 is 0. The monoisotopic (exact) mass is 214 g/mol. The van der Waals surface area contributed by atoms with Gasteiger partial charge in [0.2, 0.25) is 5.91 Å². The van der Waals surface area contributed by atoms with Crippen LogP contribution in [0.15, 0.2) is 0 Å². The molecule has 1 fully saturated rings.